The number of rotatable bonds is 7. The number of nitrogens with zero attached hydrogens (tertiary/aromatic N) is 2. The summed E-state index contributed by atoms with van der Waals surface area (Å²) in [7, 11) is 3.06. The first-order valence-electron chi connectivity index (χ1n) is 13.2. The van der Waals surface area contributed by atoms with E-state index in [1.807, 2.05) is 37.3 Å². The fraction of sp³-hybridized carbons (Fsp3) is 0.226. The van der Waals surface area contributed by atoms with E-state index in [1.54, 1.807) is 42.5 Å². The van der Waals surface area contributed by atoms with Gasteiger partial charge in [-0.3, -0.25) is 23.7 Å². The smallest absolute Gasteiger partial charge is 0.308 e. The van der Waals surface area contributed by atoms with Gasteiger partial charge in [-0.1, -0.05) is 59.5 Å². The van der Waals surface area contributed by atoms with Crippen molar-refractivity contribution in [2.45, 2.75) is 29.7 Å². The number of aryl methyl sites for hydroxylation is 1. The number of thiazole rings is 1. The molecular weight excluding hydrogens is 574 g/mol. The van der Waals surface area contributed by atoms with Crippen LogP contribution in [-0.2, 0) is 20.9 Å². The third-order valence-corrected chi connectivity index (χ3v) is 10.0. The molecule has 9 nitrogen and oxygen atoms in total. The van der Waals surface area contributed by atoms with Crippen LogP contribution in [0.3, 0.4) is 0 Å². The molecule has 2 aliphatic rings. The Morgan fingerprint density at radius 3 is 2.38 bits per heavy atom. The molecule has 2 aliphatic heterocycles. The minimum Gasteiger partial charge on any atom is -0.493 e. The zero-order valence-electron chi connectivity index (χ0n) is 23.0. The molecule has 42 heavy (non-hydrogen) atoms. The Morgan fingerprint density at radius 2 is 1.67 bits per heavy atom. The molecule has 0 aliphatic carbocycles. The maximum absolute atomic E-state index is 14.0. The van der Waals surface area contributed by atoms with Crippen molar-refractivity contribution in [2.24, 2.45) is 5.92 Å². The number of hydrogen-bond acceptors (Lipinski definition) is 8. The summed E-state index contributed by atoms with van der Waals surface area (Å²) in [6, 6.07) is 21.6. The van der Waals surface area contributed by atoms with Gasteiger partial charge >= 0.3 is 4.87 Å². The zero-order valence-corrected chi connectivity index (χ0v) is 24.7. The van der Waals surface area contributed by atoms with Gasteiger partial charge in [0, 0.05) is 16.5 Å². The van der Waals surface area contributed by atoms with Gasteiger partial charge in [0.05, 0.1) is 30.9 Å². The lowest BCUT2D eigenvalue weighted by Gasteiger charge is -2.31. The maximum Gasteiger partial charge on any atom is 0.308 e. The molecule has 6 rings (SSSR count). The van der Waals surface area contributed by atoms with Crippen LogP contribution in [0, 0.1) is 12.8 Å². The highest BCUT2D eigenvalue weighted by Crippen LogP contribution is 2.54. The number of benzene rings is 3. The van der Waals surface area contributed by atoms with Crippen molar-refractivity contribution in [1.29, 1.82) is 0 Å². The van der Waals surface area contributed by atoms with E-state index in [2.05, 4.69) is 5.32 Å². The predicted molar refractivity (Wildman–Crippen MR) is 162 cm³/mol. The van der Waals surface area contributed by atoms with E-state index in [-0.39, 0.29) is 29.1 Å². The summed E-state index contributed by atoms with van der Waals surface area (Å²) in [5.74, 6) is -1.45. The Kier molecular flexibility index (Phi) is 7.38. The zero-order chi connectivity index (χ0) is 29.5. The molecule has 1 fully saturated rings. The number of amides is 3. The Labute approximate surface area is 250 Å². The first kappa shape index (κ1) is 27.8. The van der Waals surface area contributed by atoms with Gasteiger partial charge in [-0.15, -0.1) is 0 Å². The average molecular weight is 602 g/mol. The largest absolute Gasteiger partial charge is 0.493 e. The Hall–Kier alpha value is -4.35. The lowest BCUT2D eigenvalue weighted by atomic mass is 9.83. The van der Waals surface area contributed by atoms with Crippen LogP contribution in [-0.4, -0.2) is 41.8 Å². The van der Waals surface area contributed by atoms with E-state index in [0.29, 0.717) is 38.3 Å². The minimum atomic E-state index is -0.789. The fourth-order valence-corrected chi connectivity index (χ4v) is 8.33. The third kappa shape index (κ3) is 4.78. The highest BCUT2D eigenvalue weighted by molar-refractivity contribution is 8.00. The number of ether oxygens (including phenoxy) is 2. The summed E-state index contributed by atoms with van der Waals surface area (Å²) in [5.41, 5.74) is 2.82. The molecule has 1 saturated heterocycles. The monoisotopic (exact) mass is 601 g/mol. The van der Waals surface area contributed by atoms with E-state index >= 15 is 0 Å². The Bertz CT molecular complexity index is 1770. The van der Waals surface area contributed by atoms with Gasteiger partial charge < -0.3 is 14.8 Å². The SMILES string of the molecule is COc1ccc([C@@H]2c3sc(=O)n(CC(=O)Nc4cccc(C)c4)c3S[C@H]3C(=O)N(c4ccccc4)C(=O)[C@@H]23)cc1OC. The minimum absolute atomic E-state index is 0.230. The van der Waals surface area contributed by atoms with Gasteiger partial charge in [0.15, 0.2) is 11.5 Å². The lowest BCUT2D eigenvalue weighted by Crippen LogP contribution is -2.33. The van der Waals surface area contributed by atoms with Gasteiger partial charge in [-0.25, -0.2) is 4.90 Å². The van der Waals surface area contributed by atoms with Gasteiger partial charge in [-0.2, -0.15) is 0 Å². The number of thioether (sulfide) groups is 1. The summed E-state index contributed by atoms with van der Waals surface area (Å²) in [6.07, 6.45) is 0. The fourth-order valence-electron chi connectivity index (χ4n) is 5.56. The van der Waals surface area contributed by atoms with Crippen molar-refractivity contribution in [2.75, 3.05) is 24.4 Å². The number of anilines is 2. The first-order valence-corrected chi connectivity index (χ1v) is 14.9. The molecular formula is C31H27N3O6S2. The maximum atomic E-state index is 14.0. The second-order valence-electron chi connectivity index (χ2n) is 10.0. The second-order valence-corrected chi connectivity index (χ2v) is 12.2. The highest BCUT2D eigenvalue weighted by Gasteiger charge is 2.57. The molecule has 0 spiro atoms. The molecule has 1 N–H and O–H groups in total. The van der Waals surface area contributed by atoms with Crippen molar-refractivity contribution >= 4 is 52.2 Å². The number of aromatic nitrogens is 1. The van der Waals surface area contributed by atoms with Gasteiger partial charge in [0.1, 0.15) is 11.8 Å². The Balaban J connectivity index is 1.44. The quantitative estimate of drug-likeness (QED) is 0.307. The van der Waals surface area contributed by atoms with E-state index in [4.69, 9.17) is 9.47 Å². The molecule has 3 aromatic carbocycles. The van der Waals surface area contributed by atoms with E-state index in [0.717, 1.165) is 16.9 Å². The van der Waals surface area contributed by atoms with Crippen molar-refractivity contribution in [3.8, 4) is 11.5 Å². The lowest BCUT2D eigenvalue weighted by molar-refractivity contribution is -0.122. The molecule has 4 aromatic rings. The van der Waals surface area contributed by atoms with Gasteiger partial charge in [0.25, 0.3) is 0 Å². The molecule has 0 radical (unpaired) electrons. The molecule has 0 bridgehead atoms. The number of carbonyl (C=O) groups is 3. The number of para-hydroxylation sites is 1. The third-order valence-electron chi connectivity index (χ3n) is 7.43. The Morgan fingerprint density at radius 1 is 0.905 bits per heavy atom. The molecule has 3 amide bonds. The van der Waals surface area contributed by atoms with Gasteiger partial charge in [0.2, 0.25) is 17.7 Å². The van der Waals surface area contributed by atoms with Crippen LogP contribution in [0.5, 0.6) is 11.5 Å². The number of carbonyl (C=O) groups excluding carboxylic acids is 3. The second kappa shape index (κ2) is 11.1. The summed E-state index contributed by atoms with van der Waals surface area (Å²) in [6.45, 7) is 1.70. The van der Waals surface area contributed by atoms with Crippen molar-refractivity contribution in [1.82, 2.24) is 4.57 Å². The molecule has 1 aromatic heterocycles. The molecule has 11 heteroatoms. The predicted octanol–water partition coefficient (Wildman–Crippen LogP) is 4.67. The molecule has 0 saturated carbocycles. The number of fused-ring (bicyclic) bond motifs is 2. The molecule has 214 valence electrons. The van der Waals surface area contributed by atoms with E-state index in [1.165, 1.54) is 35.4 Å². The first-order chi connectivity index (χ1) is 20.3. The summed E-state index contributed by atoms with van der Waals surface area (Å²) >= 11 is 2.17. The number of imide groups is 1. The number of hydrogen-bond donors (Lipinski definition) is 1. The topological polar surface area (TPSA) is 107 Å². The summed E-state index contributed by atoms with van der Waals surface area (Å²) < 4.78 is 12.4. The number of methoxy groups -OCH3 is 2. The van der Waals surface area contributed by atoms with Crippen LogP contribution < -0.4 is 24.6 Å². The highest BCUT2D eigenvalue weighted by atomic mass is 32.2. The van der Waals surface area contributed by atoms with Crippen LogP contribution in [0.25, 0.3) is 0 Å². The standard InChI is InChI=1S/C31H27N3O6S2/c1-17-8-7-9-19(14-17)32-23(35)16-33-30-27(42-31(33)38)24(18-12-13-21(39-2)22(15-18)40-3)25-26(41-30)29(37)34(28(25)36)20-10-5-4-6-11-20/h4-15,24-26H,16H2,1-3H3,(H,32,35)/t24-,25-,26+/m0/s1. The van der Waals surface area contributed by atoms with Crippen LogP contribution in [0.2, 0.25) is 0 Å². The van der Waals surface area contributed by atoms with Crippen LogP contribution in [0.15, 0.2) is 82.6 Å². The average Bonchev–Trinajstić information content (AvgIpc) is 3.43. The van der Waals surface area contributed by atoms with Crippen LogP contribution in [0.4, 0.5) is 11.4 Å². The summed E-state index contributed by atoms with van der Waals surface area (Å²) in [4.78, 5) is 55.9. The van der Waals surface area contributed by atoms with Gasteiger partial charge in [-0.05, 0) is 54.4 Å². The number of nitrogens with one attached hydrogen (secondary N) is 1. The van der Waals surface area contributed by atoms with Crippen molar-refractivity contribution in [3.05, 3.63) is 98.5 Å². The van der Waals surface area contributed by atoms with E-state index in [9.17, 15) is 19.2 Å². The van der Waals surface area contributed by atoms with E-state index < -0.39 is 17.1 Å². The van der Waals surface area contributed by atoms with Crippen molar-refractivity contribution < 1.29 is 23.9 Å². The summed E-state index contributed by atoms with van der Waals surface area (Å²) in [5, 5.41) is 2.58. The van der Waals surface area contributed by atoms with Crippen LogP contribution >= 0.6 is 23.1 Å². The molecule has 3 atom stereocenters. The molecule has 0 unspecified atom stereocenters. The normalized spacial score (nSPS) is 19.3. The van der Waals surface area contributed by atoms with Crippen LogP contribution in [0.1, 0.15) is 21.9 Å². The van der Waals surface area contributed by atoms with Crippen molar-refractivity contribution in [3.63, 3.8) is 0 Å². The molecule has 3 heterocycles.